The van der Waals surface area contributed by atoms with E-state index in [0.717, 1.165) is 48.7 Å². The van der Waals surface area contributed by atoms with E-state index in [0.29, 0.717) is 82.5 Å². The van der Waals surface area contributed by atoms with Crippen molar-refractivity contribution in [3.05, 3.63) is 64.8 Å². The molecular formula is C41H54N8O9S. The molecule has 0 bridgehead atoms. The Kier molecular flexibility index (Phi) is 16.7. The van der Waals surface area contributed by atoms with Gasteiger partial charge in [-0.25, -0.2) is 9.97 Å². The standard InChI is InChI=1S/C41H54N8O9S/c50-35-11-10-33(37(52)48-35)49-27-31-30(38(49)53)7-5-8-32(31)46-36(51)28-58-24-23-57-22-21-56-19-15-42-14-18-55-20-16-43-39(54)41(12-2-1-3-13-41)26-29-6-4-9-34(45-29)47-40-44-17-25-59-40/h4-9,17,25,33,42H,1-3,10-16,18-24,26-28H2,(H,43,54)(H,46,51)(H,44,45,47)(H,48,50,52). The first-order valence-electron chi connectivity index (χ1n) is 20.3. The Hall–Kier alpha value is -4.85. The fourth-order valence-corrected chi connectivity index (χ4v) is 8.07. The van der Waals surface area contributed by atoms with Gasteiger partial charge in [-0.2, -0.15) is 0 Å². The molecule has 2 fully saturated rings. The largest absolute Gasteiger partial charge is 0.378 e. The maximum absolute atomic E-state index is 13.5. The topological polar surface area (TPSA) is 211 Å². The molecule has 3 aromatic rings. The van der Waals surface area contributed by atoms with Crippen molar-refractivity contribution in [2.45, 2.75) is 64.0 Å². The zero-order chi connectivity index (χ0) is 41.3. The zero-order valence-corrected chi connectivity index (χ0v) is 34.1. The molecule has 1 saturated heterocycles. The molecule has 1 aliphatic carbocycles. The number of benzene rings is 1. The molecule has 1 aromatic carbocycles. The molecule has 5 amide bonds. The lowest BCUT2D eigenvalue weighted by molar-refractivity contribution is -0.137. The second-order valence-corrected chi connectivity index (χ2v) is 15.6. The van der Waals surface area contributed by atoms with E-state index in [-0.39, 0.29) is 56.2 Å². The number of fused-ring (bicyclic) bond motifs is 1. The Morgan fingerprint density at radius 1 is 0.881 bits per heavy atom. The second-order valence-electron chi connectivity index (χ2n) is 14.7. The SMILES string of the molecule is O=C1CCC(N2Cc3c(NC(=O)COCCOCCOCCNCCOCCNC(=O)C4(Cc5cccc(Nc6nccs6)n5)CCCCC4)cccc3C2=O)C(=O)N1. The van der Waals surface area contributed by atoms with Crippen LogP contribution in [0.2, 0.25) is 0 Å². The van der Waals surface area contributed by atoms with Crippen LogP contribution in [0.25, 0.3) is 0 Å². The predicted octanol–water partition coefficient (Wildman–Crippen LogP) is 2.95. The van der Waals surface area contributed by atoms with Gasteiger partial charge in [-0.3, -0.25) is 29.3 Å². The van der Waals surface area contributed by atoms with Crippen LogP contribution in [0.1, 0.15) is 66.6 Å². The Balaban J connectivity index is 0.748. The van der Waals surface area contributed by atoms with Gasteiger partial charge in [-0.05, 0) is 43.5 Å². The molecule has 2 aliphatic heterocycles. The molecule has 2 aromatic heterocycles. The first-order chi connectivity index (χ1) is 28.8. The number of aromatic nitrogens is 2. The number of anilines is 3. The van der Waals surface area contributed by atoms with Gasteiger partial charge in [0.2, 0.25) is 23.6 Å². The van der Waals surface area contributed by atoms with Gasteiger partial charge in [-0.1, -0.05) is 31.4 Å². The lowest BCUT2D eigenvalue weighted by Gasteiger charge is -2.35. The van der Waals surface area contributed by atoms with E-state index in [1.807, 2.05) is 23.6 Å². The maximum Gasteiger partial charge on any atom is 0.255 e. The Labute approximate surface area is 347 Å². The molecule has 1 atom stereocenters. The summed E-state index contributed by atoms with van der Waals surface area (Å²) >= 11 is 1.51. The average Bonchev–Trinajstić information content (AvgIpc) is 3.87. The summed E-state index contributed by atoms with van der Waals surface area (Å²) in [6.07, 6.45) is 7.68. The first kappa shape index (κ1) is 43.7. The molecule has 5 N–H and O–H groups in total. The second kappa shape index (κ2) is 22.5. The number of imide groups is 1. The summed E-state index contributed by atoms with van der Waals surface area (Å²) in [5.74, 6) is -0.722. The van der Waals surface area contributed by atoms with Gasteiger partial charge in [0.05, 0.1) is 51.7 Å². The van der Waals surface area contributed by atoms with E-state index < -0.39 is 17.4 Å². The number of hydrogen-bond acceptors (Lipinski definition) is 14. The van der Waals surface area contributed by atoms with Crippen LogP contribution in [0.5, 0.6) is 0 Å². The molecule has 3 aliphatic rings. The molecule has 318 valence electrons. The lowest BCUT2D eigenvalue weighted by atomic mass is 9.70. The van der Waals surface area contributed by atoms with Gasteiger partial charge >= 0.3 is 0 Å². The Morgan fingerprint density at radius 2 is 1.61 bits per heavy atom. The summed E-state index contributed by atoms with van der Waals surface area (Å²) in [6.45, 7) is 4.49. The molecular weight excluding hydrogens is 781 g/mol. The molecule has 17 nitrogen and oxygen atoms in total. The average molecular weight is 835 g/mol. The summed E-state index contributed by atoms with van der Waals surface area (Å²) < 4.78 is 22.3. The highest BCUT2D eigenvalue weighted by atomic mass is 32.1. The van der Waals surface area contributed by atoms with E-state index in [1.165, 1.54) is 16.2 Å². The molecule has 1 unspecified atom stereocenters. The van der Waals surface area contributed by atoms with Crippen molar-refractivity contribution >= 4 is 57.5 Å². The molecule has 4 heterocycles. The summed E-state index contributed by atoms with van der Waals surface area (Å²) in [7, 11) is 0. The molecule has 0 radical (unpaired) electrons. The minimum atomic E-state index is -0.732. The number of nitrogens with one attached hydrogen (secondary N) is 5. The van der Waals surface area contributed by atoms with E-state index >= 15 is 0 Å². The third-order valence-electron chi connectivity index (χ3n) is 10.5. The molecule has 59 heavy (non-hydrogen) atoms. The smallest absolute Gasteiger partial charge is 0.255 e. The number of amides is 5. The Bertz CT molecular complexity index is 1870. The number of nitrogens with zero attached hydrogens (tertiary/aromatic N) is 3. The number of rotatable bonds is 24. The van der Waals surface area contributed by atoms with Crippen molar-refractivity contribution in [1.82, 2.24) is 30.8 Å². The van der Waals surface area contributed by atoms with E-state index in [2.05, 4.69) is 31.6 Å². The number of hydrogen-bond donors (Lipinski definition) is 5. The quantitative estimate of drug-likeness (QED) is 0.0650. The summed E-state index contributed by atoms with van der Waals surface area (Å²) in [6, 6.07) is 10.2. The van der Waals surface area contributed by atoms with E-state index in [1.54, 1.807) is 24.4 Å². The number of carbonyl (C=O) groups is 5. The van der Waals surface area contributed by atoms with Gasteiger partial charge in [0.15, 0.2) is 5.13 Å². The van der Waals surface area contributed by atoms with Crippen molar-refractivity contribution in [3.8, 4) is 0 Å². The molecule has 0 spiro atoms. The third-order valence-corrected chi connectivity index (χ3v) is 11.2. The summed E-state index contributed by atoms with van der Waals surface area (Å²) in [5.41, 5.74) is 1.95. The monoisotopic (exact) mass is 834 g/mol. The third kappa shape index (κ3) is 12.8. The number of pyridine rings is 1. The minimum Gasteiger partial charge on any atom is -0.378 e. The van der Waals surface area contributed by atoms with Gasteiger partial charge in [0.1, 0.15) is 18.5 Å². The number of ether oxygens (including phenoxy) is 4. The van der Waals surface area contributed by atoms with Crippen molar-refractivity contribution in [1.29, 1.82) is 0 Å². The van der Waals surface area contributed by atoms with Crippen molar-refractivity contribution < 1.29 is 42.9 Å². The Morgan fingerprint density at radius 3 is 2.37 bits per heavy atom. The van der Waals surface area contributed by atoms with Crippen LogP contribution in [0.15, 0.2) is 48.0 Å². The van der Waals surface area contributed by atoms with E-state index in [4.69, 9.17) is 23.9 Å². The molecule has 6 rings (SSSR count). The number of piperidine rings is 1. The highest BCUT2D eigenvalue weighted by molar-refractivity contribution is 7.13. The van der Waals surface area contributed by atoms with Crippen LogP contribution in [-0.4, -0.2) is 123 Å². The fourth-order valence-electron chi connectivity index (χ4n) is 7.54. The highest BCUT2D eigenvalue weighted by Gasteiger charge is 2.41. The zero-order valence-electron chi connectivity index (χ0n) is 33.3. The van der Waals surface area contributed by atoms with Gasteiger partial charge in [-0.15, -0.1) is 11.3 Å². The van der Waals surface area contributed by atoms with Crippen LogP contribution < -0.4 is 26.6 Å². The van der Waals surface area contributed by atoms with Crippen LogP contribution >= 0.6 is 11.3 Å². The fraction of sp³-hybridized carbons (Fsp3) is 0.537. The summed E-state index contributed by atoms with van der Waals surface area (Å²) in [5, 5.41) is 17.4. The van der Waals surface area contributed by atoms with Crippen molar-refractivity contribution in [2.24, 2.45) is 5.41 Å². The van der Waals surface area contributed by atoms with Crippen LogP contribution in [0, 0.1) is 5.41 Å². The highest BCUT2D eigenvalue weighted by Crippen LogP contribution is 2.39. The first-order valence-corrected chi connectivity index (χ1v) is 21.2. The van der Waals surface area contributed by atoms with Gasteiger partial charge < -0.3 is 45.1 Å². The number of carbonyl (C=O) groups excluding carboxylic acids is 5. The van der Waals surface area contributed by atoms with E-state index in [9.17, 15) is 24.0 Å². The molecule has 18 heteroatoms. The van der Waals surface area contributed by atoms with Crippen molar-refractivity contribution in [3.63, 3.8) is 0 Å². The van der Waals surface area contributed by atoms with Crippen LogP contribution in [-0.2, 0) is 51.1 Å². The van der Waals surface area contributed by atoms with Gasteiger partial charge in [0.25, 0.3) is 5.91 Å². The maximum atomic E-state index is 13.5. The van der Waals surface area contributed by atoms with Crippen LogP contribution in [0.4, 0.5) is 16.6 Å². The number of thiazole rings is 1. The van der Waals surface area contributed by atoms with Crippen molar-refractivity contribution in [2.75, 3.05) is 83.1 Å². The van der Waals surface area contributed by atoms with Gasteiger partial charge in [0, 0.05) is 73.1 Å². The molecule has 1 saturated carbocycles. The van der Waals surface area contributed by atoms with Crippen LogP contribution in [0.3, 0.4) is 0 Å². The predicted molar refractivity (Wildman–Crippen MR) is 219 cm³/mol. The minimum absolute atomic E-state index is 0.0749. The lowest BCUT2D eigenvalue weighted by Crippen LogP contribution is -2.52. The normalized spacial score (nSPS) is 17.4. The summed E-state index contributed by atoms with van der Waals surface area (Å²) in [4.78, 5) is 73.4.